The van der Waals surface area contributed by atoms with Gasteiger partial charge in [0.2, 0.25) is 0 Å². The van der Waals surface area contributed by atoms with Crippen LogP contribution in [0.15, 0.2) is 24.5 Å². The van der Waals surface area contributed by atoms with Crippen LogP contribution in [0.5, 0.6) is 0 Å². The van der Waals surface area contributed by atoms with E-state index in [0.717, 1.165) is 49.5 Å². The summed E-state index contributed by atoms with van der Waals surface area (Å²) in [4.78, 5) is 25.4. The van der Waals surface area contributed by atoms with Crippen LogP contribution in [0.4, 0.5) is 11.5 Å². The van der Waals surface area contributed by atoms with Gasteiger partial charge < -0.3 is 15.1 Å². The van der Waals surface area contributed by atoms with Crippen molar-refractivity contribution >= 4 is 29.0 Å². The molecule has 1 aliphatic heterocycles. The van der Waals surface area contributed by atoms with Gasteiger partial charge in [-0.2, -0.15) is 0 Å². The highest BCUT2D eigenvalue weighted by Crippen LogP contribution is 2.29. The minimum absolute atomic E-state index is 0.0654. The molecular formula is C19H24ClN5O. The molecule has 0 radical (unpaired) electrons. The topological polar surface area (TPSA) is 61.4 Å². The number of likely N-dealkylation sites (N-methyl/N-ethyl adjacent to an activating group) is 1. The first-order chi connectivity index (χ1) is 12.5. The number of benzene rings is 1. The highest BCUT2D eigenvalue weighted by atomic mass is 35.5. The second-order valence-electron chi connectivity index (χ2n) is 6.58. The predicted molar refractivity (Wildman–Crippen MR) is 104 cm³/mol. The smallest absolute Gasteiger partial charge is 0.274 e. The molecule has 0 spiro atoms. The number of aryl methyl sites for hydroxylation is 2. The van der Waals surface area contributed by atoms with Crippen LogP contribution in [0.25, 0.3) is 0 Å². The third-order valence-electron chi connectivity index (χ3n) is 4.66. The van der Waals surface area contributed by atoms with Gasteiger partial charge in [0.1, 0.15) is 11.5 Å². The third-order valence-corrected chi connectivity index (χ3v) is 4.96. The number of carbonyl (C=O) groups excluding carboxylic acids is 1. The lowest BCUT2D eigenvalue weighted by molar-refractivity contribution is 0.0637. The highest BCUT2D eigenvalue weighted by molar-refractivity contribution is 6.33. The standard InChI is InChI=1S/C19H24ClN5O/c1-4-24-5-7-25(8-6-24)19(26)16-11-22-17(12-21-16)23-18-14(3)9-13(2)10-15(18)20/h9-12H,4-8H2,1-3H3,(H,22,23). The molecule has 1 saturated heterocycles. The molecule has 1 N–H and O–H groups in total. The number of anilines is 2. The maximum Gasteiger partial charge on any atom is 0.274 e. The lowest BCUT2D eigenvalue weighted by Gasteiger charge is -2.33. The van der Waals surface area contributed by atoms with Crippen LogP contribution < -0.4 is 5.32 Å². The first-order valence-electron chi connectivity index (χ1n) is 8.85. The summed E-state index contributed by atoms with van der Waals surface area (Å²) in [5.74, 6) is 0.496. The maximum atomic E-state index is 12.6. The molecule has 6 nitrogen and oxygen atoms in total. The molecule has 7 heteroatoms. The highest BCUT2D eigenvalue weighted by Gasteiger charge is 2.22. The molecule has 1 fully saturated rings. The average Bonchev–Trinajstić information content (AvgIpc) is 2.64. The van der Waals surface area contributed by atoms with Gasteiger partial charge in [-0.3, -0.25) is 4.79 Å². The summed E-state index contributed by atoms with van der Waals surface area (Å²) < 4.78 is 0. The molecule has 2 aromatic rings. The van der Waals surface area contributed by atoms with E-state index < -0.39 is 0 Å². The van der Waals surface area contributed by atoms with Crippen LogP contribution in [0.3, 0.4) is 0 Å². The summed E-state index contributed by atoms with van der Waals surface area (Å²) in [5.41, 5.74) is 3.31. The summed E-state index contributed by atoms with van der Waals surface area (Å²) in [6, 6.07) is 3.95. The van der Waals surface area contributed by atoms with Crippen molar-refractivity contribution in [2.45, 2.75) is 20.8 Å². The Balaban J connectivity index is 1.68. The Morgan fingerprint density at radius 2 is 1.88 bits per heavy atom. The lowest BCUT2D eigenvalue weighted by Crippen LogP contribution is -2.48. The fourth-order valence-corrected chi connectivity index (χ4v) is 3.50. The fraction of sp³-hybridized carbons (Fsp3) is 0.421. The van der Waals surface area contributed by atoms with Crippen LogP contribution in [0.1, 0.15) is 28.5 Å². The van der Waals surface area contributed by atoms with E-state index >= 15 is 0 Å². The lowest BCUT2D eigenvalue weighted by atomic mass is 10.1. The summed E-state index contributed by atoms with van der Waals surface area (Å²) in [5, 5.41) is 3.83. The largest absolute Gasteiger partial charge is 0.338 e. The molecule has 3 rings (SSSR count). The van der Waals surface area contributed by atoms with Crippen molar-refractivity contribution in [3.63, 3.8) is 0 Å². The Bertz CT molecular complexity index is 762. The first kappa shape index (κ1) is 18.6. The number of aromatic nitrogens is 2. The first-order valence-corrected chi connectivity index (χ1v) is 9.23. The van der Waals surface area contributed by atoms with Crippen molar-refractivity contribution in [2.75, 3.05) is 38.0 Å². The van der Waals surface area contributed by atoms with E-state index in [-0.39, 0.29) is 5.91 Å². The molecule has 2 heterocycles. The summed E-state index contributed by atoms with van der Waals surface area (Å²) in [7, 11) is 0. The van der Waals surface area contributed by atoms with Crippen molar-refractivity contribution in [2.24, 2.45) is 0 Å². The molecular weight excluding hydrogens is 350 g/mol. The molecule has 26 heavy (non-hydrogen) atoms. The van der Waals surface area contributed by atoms with Crippen LogP contribution in [0.2, 0.25) is 5.02 Å². The van der Waals surface area contributed by atoms with Crippen LogP contribution in [0, 0.1) is 13.8 Å². The van der Waals surface area contributed by atoms with Gasteiger partial charge in [-0.25, -0.2) is 9.97 Å². The van der Waals surface area contributed by atoms with Gasteiger partial charge in [0, 0.05) is 26.2 Å². The molecule has 1 aromatic carbocycles. The zero-order chi connectivity index (χ0) is 18.7. The van der Waals surface area contributed by atoms with Gasteiger partial charge in [-0.15, -0.1) is 0 Å². The number of hydrogen-bond acceptors (Lipinski definition) is 5. The van der Waals surface area contributed by atoms with Gasteiger partial charge in [0.05, 0.1) is 23.1 Å². The molecule has 0 atom stereocenters. The number of nitrogens with zero attached hydrogens (tertiary/aromatic N) is 4. The van der Waals surface area contributed by atoms with E-state index in [1.165, 1.54) is 6.20 Å². The Labute approximate surface area is 159 Å². The van der Waals surface area contributed by atoms with Crippen LogP contribution in [-0.4, -0.2) is 58.4 Å². The summed E-state index contributed by atoms with van der Waals surface area (Å²) in [6.45, 7) is 10.4. The molecule has 1 aromatic heterocycles. The Morgan fingerprint density at radius 3 is 2.46 bits per heavy atom. The van der Waals surface area contributed by atoms with Crippen molar-refractivity contribution in [3.05, 3.63) is 46.4 Å². The molecule has 1 aliphatic rings. The molecule has 1 amide bonds. The minimum atomic E-state index is -0.0654. The van der Waals surface area contributed by atoms with E-state index in [0.29, 0.717) is 16.5 Å². The number of piperazine rings is 1. The van der Waals surface area contributed by atoms with Crippen molar-refractivity contribution in [1.82, 2.24) is 19.8 Å². The van der Waals surface area contributed by atoms with Gasteiger partial charge in [-0.05, 0) is 37.6 Å². The molecule has 0 bridgehead atoms. The quantitative estimate of drug-likeness (QED) is 0.891. The summed E-state index contributed by atoms with van der Waals surface area (Å²) in [6.07, 6.45) is 3.10. The number of nitrogens with one attached hydrogen (secondary N) is 1. The van der Waals surface area contributed by atoms with E-state index in [4.69, 9.17) is 11.6 Å². The van der Waals surface area contributed by atoms with Crippen molar-refractivity contribution < 1.29 is 4.79 Å². The van der Waals surface area contributed by atoms with E-state index in [1.54, 1.807) is 6.20 Å². The number of hydrogen-bond donors (Lipinski definition) is 1. The molecule has 138 valence electrons. The Hall–Kier alpha value is -2.18. The van der Waals surface area contributed by atoms with Gasteiger partial charge in [-0.1, -0.05) is 24.6 Å². The fourth-order valence-electron chi connectivity index (χ4n) is 3.13. The molecule has 0 saturated carbocycles. The SMILES string of the molecule is CCN1CCN(C(=O)c2cnc(Nc3c(C)cc(C)cc3Cl)cn2)CC1. The van der Waals surface area contributed by atoms with E-state index in [1.807, 2.05) is 24.8 Å². The van der Waals surface area contributed by atoms with Gasteiger partial charge in [0.25, 0.3) is 5.91 Å². The van der Waals surface area contributed by atoms with E-state index in [2.05, 4.69) is 33.2 Å². The van der Waals surface area contributed by atoms with Crippen LogP contribution >= 0.6 is 11.6 Å². The zero-order valence-electron chi connectivity index (χ0n) is 15.4. The van der Waals surface area contributed by atoms with E-state index in [9.17, 15) is 4.79 Å². The third kappa shape index (κ3) is 4.14. The van der Waals surface area contributed by atoms with Crippen LogP contribution in [-0.2, 0) is 0 Å². The number of rotatable bonds is 4. The molecule has 0 aliphatic carbocycles. The van der Waals surface area contributed by atoms with Gasteiger partial charge >= 0.3 is 0 Å². The second kappa shape index (κ2) is 8.01. The summed E-state index contributed by atoms with van der Waals surface area (Å²) >= 11 is 6.32. The molecule has 0 unspecified atom stereocenters. The number of carbonyl (C=O) groups is 1. The number of halogens is 1. The second-order valence-corrected chi connectivity index (χ2v) is 6.98. The average molecular weight is 374 g/mol. The minimum Gasteiger partial charge on any atom is -0.338 e. The monoisotopic (exact) mass is 373 g/mol. The Morgan fingerprint density at radius 1 is 1.15 bits per heavy atom. The zero-order valence-corrected chi connectivity index (χ0v) is 16.2. The normalized spacial score (nSPS) is 15.2. The van der Waals surface area contributed by atoms with Crippen molar-refractivity contribution in [1.29, 1.82) is 0 Å². The predicted octanol–water partition coefficient (Wildman–Crippen LogP) is 3.27. The number of amides is 1. The van der Waals surface area contributed by atoms with Gasteiger partial charge in [0.15, 0.2) is 0 Å². The Kier molecular flexibility index (Phi) is 5.74. The maximum absolute atomic E-state index is 12.6. The van der Waals surface area contributed by atoms with Crippen molar-refractivity contribution in [3.8, 4) is 0 Å².